The second-order valence-corrected chi connectivity index (χ2v) is 4.77. The number of methoxy groups -OCH3 is 1. The third-order valence-electron chi connectivity index (χ3n) is 3.00. The predicted octanol–water partition coefficient (Wildman–Crippen LogP) is 2.99. The third kappa shape index (κ3) is 2.41. The van der Waals surface area contributed by atoms with E-state index in [9.17, 15) is 4.79 Å². The molecule has 0 bridgehead atoms. The molecule has 106 valence electrons. The zero-order valence-corrected chi connectivity index (χ0v) is 11.7. The van der Waals surface area contributed by atoms with Crippen LogP contribution >= 0.6 is 11.6 Å². The number of rotatable bonds is 3. The number of carbonyl (C=O) groups is 1. The maximum atomic E-state index is 11.0. The van der Waals surface area contributed by atoms with Gasteiger partial charge in [0.2, 0.25) is 0 Å². The molecule has 0 amide bonds. The van der Waals surface area contributed by atoms with Gasteiger partial charge in [0.15, 0.2) is 5.65 Å². The fourth-order valence-corrected chi connectivity index (χ4v) is 2.17. The van der Waals surface area contributed by atoms with Crippen LogP contribution in [0.2, 0.25) is 5.02 Å². The average Bonchev–Trinajstić information content (AvgIpc) is 2.89. The number of aromatic amines is 1. The van der Waals surface area contributed by atoms with Crippen molar-refractivity contribution in [3.05, 3.63) is 41.0 Å². The molecule has 2 N–H and O–H groups in total. The van der Waals surface area contributed by atoms with Gasteiger partial charge in [-0.15, -0.1) is 0 Å². The standard InChI is InChI=1S/C14H10ClN3O3/c1-21-11-5-8(15)2-3-9(11)12-17-10-4-7(14(19)20)6-16-13(10)18-12/h2-6H,1H3,(H,19,20)(H,16,17,18). The van der Waals surface area contributed by atoms with Gasteiger partial charge in [0.25, 0.3) is 0 Å². The Morgan fingerprint density at radius 2 is 2.19 bits per heavy atom. The molecule has 0 saturated heterocycles. The highest BCUT2D eigenvalue weighted by atomic mass is 35.5. The molecule has 0 aliphatic heterocycles. The van der Waals surface area contributed by atoms with E-state index >= 15 is 0 Å². The van der Waals surface area contributed by atoms with E-state index in [1.807, 2.05) is 0 Å². The number of aromatic nitrogens is 3. The maximum absolute atomic E-state index is 11.0. The normalized spacial score (nSPS) is 10.8. The lowest BCUT2D eigenvalue weighted by atomic mass is 10.2. The lowest BCUT2D eigenvalue weighted by Gasteiger charge is -2.05. The van der Waals surface area contributed by atoms with Crippen molar-refractivity contribution in [2.45, 2.75) is 0 Å². The molecule has 0 saturated carbocycles. The van der Waals surface area contributed by atoms with Gasteiger partial charge in [-0.05, 0) is 24.3 Å². The number of fused-ring (bicyclic) bond motifs is 1. The van der Waals surface area contributed by atoms with Crippen molar-refractivity contribution in [1.82, 2.24) is 15.0 Å². The molecular formula is C14H10ClN3O3. The number of hydrogen-bond donors (Lipinski definition) is 2. The number of H-pyrrole nitrogens is 1. The summed E-state index contributed by atoms with van der Waals surface area (Å²) >= 11 is 5.93. The van der Waals surface area contributed by atoms with Crippen molar-refractivity contribution < 1.29 is 14.6 Å². The molecule has 0 aliphatic rings. The van der Waals surface area contributed by atoms with Crippen molar-refractivity contribution in [2.75, 3.05) is 7.11 Å². The smallest absolute Gasteiger partial charge is 0.337 e. The van der Waals surface area contributed by atoms with E-state index in [-0.39, 0.29) is 5.56 Å². The first-order valence-corrected chi connectivity index (χ1v) is 6.39. The highest BCUT2D eigenvalue weighted by Gasteiger charge is 2.13. The molecule has 7 heteroatoms. The van der Waals surface area contributed by atoms with Crippen molar-refractivity contribution in [3.8, 4) is 17.1 Å². The summed E-state index contributed by atoms with van der Waals surface area (Å²) in [6.45, 7) is 0. The Labute approximate surface area is 124 Å². The molecule has 0 spiro atoms. The van der Waals surface area contributed by atoms with Crippen molar-refractivity contribution >= 4 is 28.7 Å². The number of benzene rings is 1. The van der Waals surface area contributed by atoms with E-state index in [4.69, 9.17) is 21.4 Å². The molecule has 21 heavy (non-hydrogen) atoms. The first-order chi connectivity index (χ1) is 10.1. The Balaban J connectivity index is 2.15. The molecular weight excluding hydrogens is 294 g/mol. The zero-order valence-electron chi connectivity index (χ0n) is 10.9. The number of imidazole rings is 1. The van der Waals surface area contributed by atoms with Crippen LogP contribution in [0, 0.1) is 0 Å². The summed E-state index contributed by atoms with van der Waals surface area (Å²) in [5.41, 5.74) is 1.80. The molecule has 0 atom stereocenters. The number of nitrogens with one attached hydrogen (secondary N) is 1. The largest absolute Gasteiger partial charge is 0.496 e. The van der Waals surface area contributed by atoms with E-state index in [2.05, 4.69) is 15.0 Å². The van der Waals surface area contributed by atoms with Crippen molar-refractivity contribution in [2.24, 2.45) is 0 Å². The van der Waals surface area contributed by atoms with Crippen LogP contribution in [0.15, 0.2) is 30.5 Å². The van der Waals surface area contributed by atoms with Crippen LogP contribution in [-0.4, -0.2) is 33.1 Å². The van der Waals surface area contributed by atoms with E-state index < -0.39 is 5.97 Å². The molecule has 2 aromatic heterocycles. The van der Waals surface area contributed by atoms with Crippen LogP contribution < -0.4 is 4.74 Å². The monoisotopic (exact) mass is 303 g/mol. The van der Waals surface area contributed by atoms with Gasteiger partial charge in [-0.2, -0.15) is 0 Å². The predicted molar refractivity (Wildman–Crippen MR) is 77.8 cm³/mol. The molecule has 2 heterocycles. The topological polar surface area (TPSA) is 88.1 Å². The first-order valence-electron chi connectivity index (χ1n) is 6.01. The minimum Gasteiger partial charge on any atom is -0.496 e. The maximum Gasteiger partial charge on any atom is 0.337 e. The van der Waals surface area contributed by atoms with Gasteiger partial charge in [0, 0.05) is 11.2 Å². The van der Waals surface area contributed by atoms with Crippen molar-refractivity contribution in [1.29, 1.82) is 0 Å². The quantitative estimate of drug-likeness (QED) is 0.776. The molecule has 0 unspecified atom stereocenters. The summed E-state index contributed by atoms with van der Waals surface area (Å²) in [6, 6.07) is 6.67. The van der Waals surface area contributed by atoms with Crippen LogP contribution in [0.4, 0.5) is 0 Å². The minimum absolute atomic E-state index is 0.0979. The van der Waals surface area contributed by atoms with Crippen LogP contribution in [0.3, 0.4) is 0 Å². The third-order valence-corrected chi connectivity index (χ3v) is 3.24. The Hall–Kier alpha value is -2.60. The van der Waals surface area contributed by atoms with Gasteiger partial charge >= 0.3 is 5.97 Å². The fourth-order valence-electron chi connectivity index (χ4n) is 2.01. The zero-order chi connectivity index (χ0) is 15.0. The lowest BCUT2D eigenvalue weighted by Crippen LogP contribution is -1.96. The fraction of sp³-hybridized carbons (Fsp3) is 0.0714. The SMILES string of the molecule is COc1cc(Cl)ccc1-c1nc2ncc(C(=O)O)cc2[nH]1. The summed E-state index contributed by atoms with van der Waals surface area (Å²) < 4.78 is 5.28. The number of pyridine rings is 1. The van der Waals surface area contributed by atoms with E-state index in [1.54, 1.807) is 25.3 Å². The molecule has 0 radical (unpaired) electrons. The van der Waals surface area contributed by atoms with E-state index in [1.165, 1.54) is 12.3 Å². The first kappa shape index (κ1) is 13.4. The van der Waals surface area contributed by atoms with Crippen LogP contribution in [0.5, 0.6) is 5.75 Å². The number of hydrogen-bond acceptors (Lipinski definition) is 4. The number of nitrogens with zero attached hydrogens (tertiary/aromatic N) is 2. The Morgan fingerprint density at radius 1 is 1.38 bits per heavy atom. The van der Waals surface area contributed by atoms with E-state index in [0.717, 1.165) is 5.56 Å². The molecule has 6 nitrogen and oxygen atoms in total. The summed E-state index contributed by atoms with van der Waals surface area (Å²) in [5, 5.41) is 9.53. The number of carboxylic acids is 1. The molecule has 0 aliphatic carbocycles. The molecule has 3 rings (SSSR count). The van der Waals surface area contributed by atoms with Crippen LogP contribution in [0.1, 0.15) is 10.4 Å². The number of carboxylic acid groups (broad SMARTS) is 1. The molecule has 0 fully saturated rings. The van der Waals surface area contributed by atoms with Gasteiger partial charge in [0.1, 0.15) is 11.6 Å². The highest BCUT2D eigenvalue weighted by molar-refractivity contribution is 6.30. The Morgan fingerprint density at radius 3 is 2.90 bits per heavy atom. The van der Waals surface area contributed by atoms with Crippen LogP contribution in [0.25, 0.3) is 22.6 Å². The molecule has 1 aromatic carbocycles. The Kier molecular flexibility index (Phi) is 3.23. The number of halogens is 1. The van der Waals surface area contributed by atoms with Crippen LogP contribution in [-0.2, 0) is 0 Å². The second kappa shape index (κ2) is 5.06. The number of ether oxygens (including phenoxy) is 1. The molecule has 3 aromatic rings. The average molecular weight is 304 g/mol. The second-order valence-electron chi connectivity index (χ2n) is 4.33. The summed E-state index contributed by atoms with van der Waals surface area (Å²) in [7, 11) is 1.54. The van der Waals surface area contributed by atoms with Gasteiger partial charge in [-0.1, -0.05) is 11.6 Å². The minimum atomic E-state index is -1.04. The van der Waals surface area contributed by atoms with Gasteiger partial charge in [0.05, 0.1) is 23.8 Å². The number of aromatic carboxylic acids is 1. The van der Waals surface area contributed by atoms with Gasteiger partial charge < -0.3 is 14.8 Å². The van der Waals surface area contributed by atoms with E-state index in [0.29, 0.717) is 27.8 Å². The van der Waals surface area contributed by atoms with Crippen molar-refractivity contribution in [3.63, 3.8) is 0 Å². The van der Waals surface area contributed by atoms with Gasteiger partial charge in [-0.3, -0.25) is 0 Å². The summed E-state index contributed by atoms with van der Waals surface area (Å²) in [5.74, 6) is 0.0678. The highest BCUT2D eigenvalue weighted by Crippen LogP contribution is 2.31. The Bertz CT molecular complexity index is 845. The summed E-state index contributed by atoms with van der Waals surface area (Å²) in [4.78, 5) is 22.4. The summed E-state index contributed by atoms with van der Waals surface area (Å²) in [6.07, 6.45) is 1.27. The van der Waals surface area contributed by atoms with Gasteiger partial charge in [-0.25, -0.2) is 14.8 Å². The lowest BCUT2D eigenvalue weighted by molar-refractivity contribution is 0.0696.